The Morgan fingerprint density at radius 3 is 2.28 bits per heavy atom. The lowest BCUT2D eigenvalue weighted by molar-refractivity contribution is -0.179. The van der Waals surface area contributed by atoms with Crippen LogP contribution in [0, 0.1) is 5.92 Å². The topological polar surface area (TPSA) is 35.5 Å². The summed E-state index contributed by atoms with van der Waals surface area (Å²) in [5.74, 6) is -1.32. The van der Waals surface area contributed by atoms with E-state index < -0.39 is 18.1 Å². The largest absolute Gasteiger partial charge is 0.494 e. The Balaban J connectivity index is 2.45. The van der Waals surface area contributed by atoms with Gasteiger partial charge in [0, 0.05) is 0 Å². The summed E-state index contributed by atoms with van der Waals surface area (Å²) in [6.45, 7) is 4.03. The Bertz CT molecular complexity index is 498. The standard InChI is InChI=1S/C19H27F3O3/c1-3-5-6-7-8-16(19(20,21)22)13-14-25-17-11-9-15(10-12-17)18(23)24-4-2/h9-12,16H,3-8,13-14H2,1-2H3. The number of benzene rings is 1. The SMILES string of the molecule is CCCCCCC(CCOc1ccc(C(=O)OCC)cc1)C(F)(F)F. The van der Waals surface area contributed by atoms with Gasteiger partial charge in [-0.15, -0.1) is 0 Å². The minimum atomic E-state index is -4.19. The molecule has 1 aromatic rings. The molecule has 0 N–H and O–H groups in total. The van der Waals surface area contributed by atoms with E-state index >= 15 is 0 Å². The molecule has 0 heterocycles. The summed E-state index contributed by atoms with van der Waals surface area (Å²) in [4.78, 5) is 11.5. The third-order valence-corrected chi connectivity index (χ3v) is 3.97. The van der Waals surface area contributed by atoms with E-state index in [0.717, 1.165) is 19.3 Å². The summed E-state index contributed by atoms with van der Waals surface area (Å²) in [5.41, 5.74) is 0.387. The van der Waals surface area contributed by atoms with Crippen LogP contribution in [-0.4, -0.2) is 25.4 Å². The fourth-order valence-electron chi connectivity index (χ4n) is 2.51. The number of hydrogen-bond acceptors (Lipinski definition) is 3. The number of esters is 1. The van der Waals surface area contributed by atoms with Gasteiger partial charge in [-0.05, 0) is 44.0 Å². The van der Waals surface area contributed by atoms with Gasteiger partial charge in [0.15, 0.2) is 0 Å². The third kappa shape index (κ3) is 8.27. The van der Waals surface area contributed by atoms with Gasteiger partial charge in [-0.25, -0.2) is 4.79 Å². The smallest absolute Gasteiger partial charge is 0.391 e. The van der Waals surface area contributed by atoms with Crippen LogP contribution in [0.5, 0.6) is 5.75 Å². The first-order valence-corrected chi connectivity index (χ1v) is 8.85. The minimum Gasteiger partial charge on any atom is -0.494 e. The normalized spacial score (nSPS) is 12.7. The van der Waals surface area contributed by atoms with Crippen LogP contribution in [0.25, 0.3) is 0 Å². The van der Waals surface area contributed by atoms with Crippen LogP contribution in [0.4, 0.5) is 13.2 Å². The van der Waals surface area contributed by atoms with E-state index in [0.29, 0.717) is 17.7 Å². The molecule has 0 aliphatic heterocycles. The average Bonchev–Trinajstić information content (AvgIpc) is 2.56. The number of unbranched alkanes of at least 4 members (excludes halogenated alkanes) is 3. The molecule has 0 aliphatic carbocycles. The molecule has 1 rings (SSSR count). The quantitative estimate of drug-likeness (QED) is 0.371. The Labute approximate surface area is 147 Å². The van der Waals surface area contributed by atoms with Crippen LogP contribution in [0.3, 0.4) is 0 Å². The summed E-state index contributed by atoms with van der Waals surface area (Å²) in [5, 5.41) is 0. The molecule has 6 heteroatoms. The van der Waals surface area contributed by atoms with Gasteiger partial charge in [0.25, 0.3) is 0 Å². The Hall–Kier alpha value is -1.72. The van der Waals surface area contributed by atoms with Crippen molar-refractivity contribution in [2.24, 2.45) is 5.92 Å². The van der Waals surface area contributed by atoms with E-state index in [1.165, 1.54) is 0 Å². The van der Waals surface area contributed by atoms with Crippen LogP contribution in [0.2, 0.25) is 0 Å². The summed E-state index contributed by atoms with van der Waals surface area (Å²) < 4.78 is 49.5. The molecule has 0 saturated heterocycles. The van der Waals surface area contributed by atoms with Crippen molar-refractivity contribution >= 4 is 5.97 Å². The zero-order chi connectivity index (χ0) is 18.7. The zero-order valence-electron chi connectivity index (χ0n) is 14.9. The van der Waals surface area contributed by atoms with Crippen molar-refractivity contribution in [1.82, 2.24) is 0 Å². The second-order valence-corrected chi connectivity index (χ2v) is 5.97. The molecule has 0 spiro atoms. The average molecular weight is 360 g/mol. The summed E-state index contributed by atoms with van der Waals surface area (Å²) in [6, 6.07) is 6.21. The molecule has 0 aromatic heterocycles. The van der Waals surface area contributed by atoms with E-state index in [4.69, 9.17) is 9.47 Å². The Morgan fingerprint density at radius 1 is 1.04 bits per heavy atom. The van der Waals surface area contributed by atoms with Gasteiger partial charge in [-0.1, -0.05) is 32.6 Å². The van der Waals surface area contributed by atoms with Crippen LogP contribution in [-0.2, 0) is 4.74 Å². The van der Waals surface area contributed by atoms with Gasteiger partial charge in [-0.2, -0.15) is 13.2 Å². The molecular formula is C19H27F3O3. The Kier molecular flexibility index (Phi) is 9.39. The summed E-state index contributed by atoms with van der Waals surface area (Å²) in [6.07, 6.45) is -0.714. The van der Waals surface area contributed by atoms with Crippen LogP contribution in [0.1, 0.15) is 62.7 Å². The van der Waals surface area contributed by atoms with Crippen molar-refractivity contribution in [2.75, 3.05) is 13.2 Å². The van der Waals surface area contributed by atoms with Crippen molar-refractivity contribution in [2.45, 2.75) is 58.5 Å². The molecule has 0 radical (unpaired) electrons. The van der Waals surface area contributed by atoms with Gasteiger partial charge in [0.1, 0.15) is 5.75 Å². The van der Waals surface area contributed by atoms with Gasteiger partial charge >= 0.3 is 12.1 Å². The van der Waals surface area contributed by atoms with E-state index in [1.807, 2.05) is 6.92 Å². The van der Waals surface area contributed by atoms with Crippen LogP contribution in [0.15, 0.2) is 24.3 Å². The molecule has 0 saturated carbocycles. The van der Waals surface area contributed by atoms with E-state index in [9.17, 15) is 18.0 Å². The van der Waals surface area contributed by atoms with E-state index in [2.05, 4.69) is 0 Å². The highest BCUT2D eigenvalue weighted by Crippen LogP contribution is 2.33. The summed E-state index contributed by atoms with van der Waals surface area (Å²) in [7, 11) is 0. The number of alkyl halides is 3. The fraction of sp³-hybridized carbons (Fsp3) is 0.632. The van der Waals surface area contributed by atoms with Crippen LogP contribution >= 0.6 is 0 Å². The maximum Gasteiger partial charge on any atom is 0.391 e. The predicted octanol–water partition coefficient (Wildman–Crippen LogP) is 5.78. The first-order valence-electron chi connectivity index (χ1n) is 8.85. The number of hydrogen-bond donors (Lipinski definition) is 0. The highest BCUT2D eigenvalue weighted by molar-refractivity contribution is 5.89. The maximum atomic E-state index is 13.1. The van der Waals surface area contributed by atoms with Gasteiger partial charge in [0.2, 0.25) is 0 Å². The second kappa shape index (κ2) is 11.0. The molecule has 0 amide bonds. The molecule has 1 unspecified atom stereocenters. The lowest BCUT2D eigenvalue weighted by Gasteiger charge is -2.20. The molecule has 1 aromatic carbocycles. The Morgan fingerprint density at radius 2 is 1.72 bits per heavy atom. The van der Waals surface area contributed by atoms with Crippen molar-refractivity contribution in [3.05, 3.63) is 29.8 Å². The van der Waals surface area contributed by atoms with E-state index in [-0.39, 0.29) is 26.1 Å². The molecule has 142 valence electrons. The lowest BCUT2D eigenvalue weighted by atomic mass is 9.97. The molecule has 25 heavy (non-hydrogen) atoms. The second-order valence-electron chi connectivity index (χ2n) is 5.97. The highest BCUT2D eigenvalue weighted by atomic mass is 19.4. The van der Waals surface area contributed by atoms with Crippen molar-refractivity contribution in [3.8, 4) is 5.75 Å². The van der Waals surface area contributed by atoms with Crippen molar-refractivity contribution in [3.63, 3.8) is 0 Å². The number of halogens is 3. The van der Waals surface area contributed by atoms with Crippen molar-refractivity contribution in [1.29, 1.82) is 0 Å². The predicted molar refractivity (Wildman–Crippen MR) is 90.8 cm³/mol. The molecule has 1 atom stereocenters. The minimum absolute atomic E-state index is 0.00327. The number of carbonyl (C=O) groups excluding carboxylic acids is 1. The first kappa shape index (κ1) is 21.3. The maximum absolute atomic E-state index is 13.1. The first-order chi connectivity index (χ1) is 11.9. The number of carbonyl (C=O) groups is 1. The molecule has 0 bridgehead atoms. The molecule has 0 aliphatic rings. The molecule has 0 fully saturated rings. The number of rotatable bonds is 11. The molecular weight excluding hydrogens is 333 g/mol. The van der Waals surface area contributed by atoms with Crippen molar-refractivity contribution < 1.29 is 27.4 Å². The number of ether oxygens (including phenoxy) is 2. The van der Waals surface area contributed by atoms with Crippen LogP contribution < -0.4 is 4.74 Å². The third-order valence-electron chi connectivity index (χ3n) is 3.97. The zero-order valence-corrected chi connectivity index (χ0v) is 14.9. The van der Waals surface area contributed by atoms with Gasteiger partial charge in [-0.3, -0.25) is 0 Å². The lowest BCUT2D eigenvalue weighted by Crippen LogP contribution is -2.25. The molecule has 3 nitrogen and oxygen atoms in total. The fourth-order valence-corrected chi connectivity index (χ4v) is 2.51. The summed E-state index contributed by atoms with van der Waals surface area (Å²) >= 11 is 0. The van der Waals surface area contributed by atoms with Gasteiger partial charge in [0.05, 0.1) is 24.7 Å². The van der Waals surface area contributed by atoms with E-state index in [1.54, 1.807) is 31.2 Å². The monoisotopic (exact) mass is 360 g/mol. The highest BCUT2D eigenvalue weighted by Gasteiger charge is 2.38. The van der Waals surface area contributed by atoms with Gasteiger partial charge < -0.3 is 9.47 Å².